The molecule has 170 valence electrons. The fraction of sp³-hybridized carbons (Fsp3) is 0.520. The Labute approximate surface area is 190 Å². The average molecular weight is 436 g/mol. The van der Waals surface area contributed by atoms with Crippen molar-refractivity contribution < 1.29 is 9.59 Å². The molecule has 2 heterocycles. The summed E-state index contributed by atoms with van der Waals surface area (Å²) >= 11 is 0. The van der Waals surface area contributed by atoms with Crippen molar-refractivity contribution in [3.63, 3.8) is 0 Å². The predicted molar refractivity (Wildman–Crippen MR) is 125 cm³/mol. The number of piperidine rings is 1. The van der Waals surface area contributed by atoms with Crippen LogP contribution in [0.15, 0.2) is 30.5 Å². The van der Waals surface area contributed by atoms with Gasteiger partial charge in [-0.25, -0.2) is 9.97 Å². The molecule has 1 aliphatic carbocycles. The van der Waals surface area contributed by atoms with Crippen LogP contribution in [0.3, 0.4) is 0 Å². The summed E-state index contributed by atoms with van der Waals surface area (Å²) in [6, 6.07) is 7.26. The maximum atomic E-state index is 13.2. The number of likely N-dealkylation sites (tertiary alicyclic amines) is 1. The molecular formula is C25H33N5O2. The standard InChI is InChI=1S/C25H33N5O2/c1-29(2)25-27-15-21(17-10-12-18(13-11-17)23(26)31)22(28-25)20-9-6-14-30(16-20)24(32)19-7-4-3-5-8-19/h10-13,15,19-20H,3-9,14,16H2,1-2H3,(H2,26,31). The quantitative estimate of drug-likeness (QED) is 0.775. The Morgan fingerprint density at radius 3 is 2.41 bits per heavy atom. The van der Waals surface area contributed by atoms with Gasteiger partial charge in [-0.2, -0.15) is 0 Å². The molecule has 2 aliphatic rings. The molecule has 1 aromatic heterocycles. The summed E-state index contributed by atoms with van der Waals surface area (Å²) in [6.45, 7) is 1.53. The van der Waals surface area contributed by atoms with Crippen LogP contribution in [0.1, 0.15) is 66.9 Å². The van der Waals surface area contributed by atoms with Crippen LogP contribution in [0.5, 0.6) is 0 Å². The van der Waals surface area contributed by atoms with Crippen molar-refractivity contribution in [2.45, 2.75) is 50.9 Å². The Hall–Kier alpha value is -2.96. The van der Waals surface area contributed by atoms with Crippen molar-refractivity contribution in [1.29, 1.82) is 0 Å². The van der Waals surface area contributed by atoms with Gasteiger partial charge in [0.2, 0.25) is 17.8 Å². The molecule has 7 heteroatoms. The lowest BCUT2D eigenvalue weighted by atomic mass is 9.86. The molecule has 1 aliphatic heterocycles. The Morgan fingerprint density at radius 1 is 1.03 bits per heavy atom. The lowest BCUT2D eigenvalue weighted by molar-refractivity contribution is -0.137. The third-order valence-electron chi connectivity index (χ3n) is 6.76. The Balaban J connectivity index is 1.63. The SMILES string of the molecule is CN(C)c1ncc(-c2ccc(C(N)=O)cc2)c(C2CCCN(C(=O)C3CCCCC3)C2)n1. The van der Waals surface area contributed by atoms with Crippen LogP contribution in [0.4, 0.5) is 5.95 Å². The first kappa shape index (κ1) is 22.2. The third kappa shape index (κ3) is 4.76. The molecule has 1 unspecified atom stereocenters. The third-order valence-corrected chi connectivity index (χ3v) is 6.76. The summed E-state index contributed by atoms with van der Waals surface area (Å²) < 4.78 is 0. The number of hydrogen-bond donors (Lipinski definition) is 1. The van der Waals surface area contributed by atoms with E-state index in [1.165, 1.54) is 6.42 Å². The van der Waals surface area contributed by atoms with Crippen LogP contribution in [0.25, 0.3) is 11.1 Å². The number of benzene rings is 1. The van der Waals surface area contributed by atoms with Crippen molar-refractivity contribution in [3.05, 3.63) is 41.7 Å². The number of anilines is 1. The monoisotopic (exact) mass is 435 g/mol. The van der Waals surface area contributed by atoms with Gasteiger partial charge < -0.3 is 15.5 Å². The predicted octanol–water partition coefficient (Wildman–Crippen LogP) is 3.59. The molecule has 32 heavy (non-hydrogen) atoms. The van der Waals surface area contributed by atoms with Gasteiger partial charge in [-0.3, -0.25) is 9.59 Å². The number of nitrogens with zero attached hydrogens (tertiary/aromatic N) is 4. The summed E-state index contributed by atoms with van der Waals surface area (Å²) in [7, 11) is 3.86. The van der Waals surface area contributed by atoms with E-state index in [1.807, 2.05) is 37.3 Å². The summed E-state index contributed by atoms with van der Waals surface area (Å²) in [4.78, 5) is 38.1. The first-order valence-electron chi connectivity index (χ1n) is 11.7. The summed E-state index contributed by atoms with van der Waals surface area (Å²) in [5, 5.41) is 0. The molecule has 4 rings (SSSR count). The second-order valence-corrected chi connectivity index (χ2v) is 9.26. The van der Waals surface area contributed by atoms with Crippen molar-refractivity contribution >= 4 is 17.8 Å². The number of aromatic nitrogens is 2. The molecule has 7 nitrogen and oxygen atoms in total. The number of carbonyl (C=O) groups excluding carboxylic acids is 2. The number of amides is 2. The van der Waals surface area contributed by atoms with Crippen molar-refractivity contribution in [1.82, 2.24) is 14.9 Å². The molecule has 1 saturated carbocycles. The highest BCUT2D eigenvalue weighted by atomic mass is 16.2. The van der Waals surface area contributed by atoms with Crippen LogP contribution >= 0.6 is 0 Å². The lowest BCUT2D eigenvalue weighted by Gasteiger charge is -2.36. The van der Waals surface area contributed by atoms with Gasteiger partial charge >= 0.3 is 0 Å². The zero-order valence-electron chi connectivity index (χ0n) is 19.1. The normalized spacial score (nSPS) is 19.6. The Morgan fingerprint density at radius 2 is 1.75 bits per heavy atom. The number of hydrogen-bond acceptors (Lipinski definition) is 5. The molecule has 2 fully saturated rings. The van der Waals surface area contributed by atoms with E-state index in [1.54, 1.807) is 12.1 Å². The molecule has 0 bridgehead atoms. The van der Waals surface area contributed by atoms with E-state index < -0.39 is 5.91 Å². The maximum Gasteiger partial charge on any atom is 0.248 e. The topological polar surface area (TPSA) is 92.4 Å². The maximum absolute atomic E-state index is 13.2. The minimum atomic E-state index is -0.444. The first-order chi connectivity index (χ1) is 15.4. The van der Waals surface area contributed by atoms with Crippen LogP contribution < -0.4 is 10.6 Å². The van der Waals surface area contributed by atoms with Gasteiger partial charge in [-0.1, -0.05) is 31.4 Å². The lowest BCUT2D eigenvalue weighted by Crippen LogP contribution is -2.43. The van der Waals surface area contributed by atoms with Crippen LogP contribution in [0, 0.1) is 5.92 Å². The molecule has 2 amide bonds. The van der Waals surface area contributed by atoms with Gasteiger partial charge in [0.1, 0.15) is 0 Å². The highest BCUT2D eigenvalue weighted by Gasteiger charge is 2.32. The zero-order chi connectivity index (χ0) is 22.7. The second-order valence-electron chi connectivity index (χ2n) is 9.26. The fourth-order valence-corrected chi connectivity index (χ4v) is 4.96. The van der Waals surface area contributed by atoms with Gasteiger partial charge in [-0.05, 0) is 43.4 Å². The Kier molecular flexibility index (Phi) is 6.72. The number of primary amides is 1. The summed E-state index contributed by atoms with van der Waals surface area (Å²) in [5.41, 5.74) is 8.74. The average Bonchev–Trinajstić information content (AvgIpc) is 2.84. The molecule has 2 aromatic rings. The van der Waals surface area contributed by atoms with Gasteiger partial charge in [0.05, 0.1) is 5.69 Å². The minimum Gasteiger partial charge on any atom is -0.366 e. The van der Waals surface area contributed by atoms with Crippen molar-refractivity contribution in [3.8, 4) is 11.1 Å². The molecule has 2 N–H and O–H groups in total. The largest absolute Gasteiger partial charge is 0.366 e. The van der Waals surface area contributed by atoms with E-state index in [4.69, 9.17) is 10.7 Å². The van der Waals surface area contributed by atoms with Crippen molar-refractivity contribution in [2.75, 3.05) is 32.1 Å². The minimum absolute atomic E-state index is 0.156. The highest BCUT2D eigenvalue weighted by molar-refractivity contribution is 5.93. The Bertz CT molecular complexity index is 967. The molecule has 1 atom stereocenters. The molecular weight excluding hydrogens is 402 g/mol. The highest BCUT2D eigenvalue weighted by Crippen LogP contribution is 2.35. The fourth-order valence-electron chi connectivity index (χ4n) is 4.96. The molecule has 1 aromatic carbocycles. The van der Waals surface area contributed by atoms with Crippen LogP contribution in [-0.4, -0.2) is 53.9 Å². The van der Waals surface area contributed by atoms with Gasteiger partial charge in [0.15, 0.2) is 0 Å². The van der Waals surface area contributed by atoms with E-state index in [-0.39, 0.29) is 11.8 Å². The van der Waals surface area contributed by atoms with E-state index >= 15 is 0 Å². The van der Waals surface area contributed by atoms with Gasteiger partial charge in [0.25, 0.3) is 0 Å². The van der Waals surface area contributed by atoms with E-state index in [0.29, 0.717) is 24.0 Å². The van der Waals surface area contributed by atoms with Crippen molar-refractivity contribution in [2.24, 2.45) is 11.7 Å². The number of rotatable bonds is 5. The van der Waals surface area contributed by atoms with Gasteiger partial charge in [0, 0.05) is 56.3 Å². The van der Waals surface area contributed by atoms with Crippen LogP contribution in [-0.2, 0) is 4.79 Å². The molecule has 0 radical (unpaired) electrons. The number of nitrogens with two attached hydrogens (primary N) is 1. The van der Waals surface area contributed by atoms with E-state index in [0.717, 1.165) is 61.9 Å². The molecule has 0 spiro atoms. The summed E-state index contributed by atoms with van der Waals surface area (Å²) in [5.74, 6) is 0.881. The second kappa shape index (κ2) is 9.67. The number of carbonyl (C=O) groups is 2. The summed E-state index contributed by atoms with van der Waals surface area (Å²) in [6.07, 6.45) is 9.45. The van der Waals surface area contributed by atoms with E-state index in [2.05, 4.69) is 9.88 Å². The molecule has 1 saturated heterocycles. The smallest absolute Gasteiger partial charge is 0.248 e. The van der Waals surface area contributed by atoms with E-state index in [9.17, 15) is 9.59 Å². The first-order valence-corrected chi connectivity index (χ1v) is 11.7. The van der Waals surface area contributed by atoms with Crippen LogP contribution in [0.2, 0.25) is 0 Å². The van der Waals surface area contributed by atoms with Gasteiger partial charge in [-0.15, -0.1) is 0 Å². The zero-order valence-corrected chi connectivity index (χ0v) is 19.1.